The minimum Gasteiger partial charge on any atom is -0.275 e. The van der Waals surface area contributed by atoms with E-state index < -0.39 is 42.1 Å². The summed E-state index contributed by atoms with van der Waals surface area (Å²) in [6.07, 6.45) is -4.80. The van der Waals surface area contributed by atoms with Crippen molar-refractivity contribution in [2.45, 2.75) is 32.0 Å². The molecular weight excluding hydrogens is 371 g/mol. The van der Waals surface area contributed by atoms with Gasteiger partial charge in [-0.2, -0.15) is 23.3 Å². The lowest BCUT2D eigenvalue weighted by molar-refractivity contribution is -0.140. The van der Waals surface area contributed by atoms with Gasteiger partial charge in [0.05, 0.1) is 17.8 Å². The zero-order valence-corrected chi connectivity index (χ0v) is 14.4. The second-order valence-electron chi connectivity index (χ2n) is 6.19. The van der Waals surface area contributed by atoms with Gasteiger partial charge in [0.15, 0.2) is 6.04 Å². The summed E-state index contributed by atoms with van der Waals surface area (Å²) < 4.78 is 65.0. The zero-order chi connectivity index (χ0) is 19.9. The van der Waals surface area contributed by atoms with Crippen LogP contribution in [-0.4, -0.2) is 47.4 Å². The van der Waals surface area contributed by atoms with E-state index >= 15 is 0 Å². The highest BCUT2D eigenvalue weighted by atomic mass is 19.4. The molecule has 0 saturated carbocycles. The molecule has 0 saturated heterocycles. The van der Waals surface area contributed by atoms with Gasteiger partial charge in [0.2, 0.25) is 0 Å². The maximum absolute atomic E-state index is 13.9. The largest absolute Gasteiger partial charge is 0.419 e. The molecule has 2 aliphatic heterocycles. The van der Waals surface area contributed by atoms with Crippen molar-refractivity contribution >= 4 is 23.2 Å². The summed E-state index contributed by atoms with van der Waals surface area (Å²) in [5, 5.41) is 5.44. The number of hydrogen-bond donors (Lipinski definition) is 0. The quantitative estimate of drug-likeness (QED) is 0.746. The Kier molecular flexibility index (Phi) is 4.83. The fourth-order valence-electron chi connectivity index (χ4n) is 3.07. The lowest BCUT2D eigenvalue weighted by Crippen LogP contribution is -2.44. The minimum atomic E-state index is -4.80. The maximum atomic E-state index is 13.9. The van der Waals surface area contributed by atoms with E-state index in [2.05, 4.69) is 15.1 Å². The molecule has 2 heterocycles. The highest BCUT2D eigenvalue weighted by Crippen LogP contribution is 2.34. The van der Waals surface area contributed by atoms with Crippen molar-refractivity contribution in [1.29, 1.82) is 0 Å². The first-order valence-corrected chi connectivity index (χ1v) is 8.09. The first-order valence-electron chi connectivity index (χ1n) is 8.09. The minimum absolute atomic E-state index is 0.165. The van der Waals surface area contributed by atoms with Gasteiger partial charge in [-0.1, -0.05) is 13.0 Å². The van der Waals surface area contributed by atoms with E-state index in [1.807, 2.05) is 0 Å². The Morgan fingerprint density at radius 2 is 1.96 bits per heavy atom. The summed E-state index contributed by atoms with van der Waals surface area (Å²) in [6, 6.07) is 1.63. The SMILES string of the molecule is CC1=NC(=O)C2C(=N1)C(C(C)c1ccc(C(F)(F)F)c(F)c1)=NN2CCF. The molecule has 0 aromatic heterocycles. The second kappa shape index (κ2) is 6.82. The van der Waals surface area contributed by atoms with Gasteiger partial charge in [0.25, 0.3) is 5.91 Å². The molecule has 0 bridgehead atoms. The van der Waals surface area contributed by atoms with Gasteiger partial charge in [-0.3, -0.25) is 9.80 Å². The standard InChI is InChI=1S/C17H15F5N4O/c1-8(10-3-4-11(12(19)7-10)17(20,21)22)13-14-15(26(25-13)6-5-18)16(27)24-9(2)23-14/h3-4,7-8,15H,5-6H2,1-2H3. The summed E-state index contributed by atoms with van der Waals surface area (Å²) in [5.41, 5.74) is -0.601. The Balaban J connectivity index is 1.99. The molecule has 2 aliphatic rings. The molecule has 27 heavy (non-hydrogen) atoms. The van der Waals surface area contributed by atoms with Crippen molar-refractivity contribution in [3.05, 3.63) is 35.1 Å². The second-order valence-corrected chi connectivity index (χ2v) is 6.19. The lowest BCUT2D eigenvalue weighted by Gasteiger charge is -2.22. The smallest absolute Gasteiger partial charge is 0.275 e. The molecular formula is C17H15F5N4O. The first-order chi connectivity index (χ1) is 12.6. The number of hydrazone groups is 1. The number of aliphatic imine (C=N–C) groups is 2. The molecule has 0 fully saturated rings. The molecule has 2 atom stereocenters. The van der Waals surface area contributed by atoms with Crippen LogP contribution in [0, 0.1) is 5.82 Å². The molecule has 1 aromatic carbocycles. The van der Waals surface area contributed by atoms with Crippen molar-refractivity contribution in [1.82, 2.24) is 5.01 Å². The monoisotopic (exact) mass is 386 g/mol. The van der Waals surface area contributed by atoms with Crippen LogP contribution in [0.25, 0.3) is 0 Å². The van der Waals surface area contributed by atoms with Gasteiger partial charge in [-0.05, 0) is 24.6 Å². The molecule has 0 radical (unpaired) electrons. The fourth-order valence-corrected chi connectivity index (χ4v) is 3.07. The van der Waals surface area contributed by atoms with E-state index in [0.29, 0.717) is 6.07 Å². The molecule has 144 valence electrons. The van der Waals surface area contributed by atoms with E-state index in [9.17, 15) is 26.7 Å². The van der Waals surface area contributed by atoms with Crippen molar-refractivity contribution < 1.29 is 26.7 Å². The third-order valence-corrected chi connectivity index (χ3v) is 4.37. The van der Waals surface area contributed by atoms with Crippen LogP contribution in [0.15, 0.2) is 33.3 Å². The molecule has 10 heteroatoms. The molecule has 5 nitrogen and oxygen atoms in total. The molecule has 1 aromatic rings. The third-order valence-electron chi connectivity index (χ3n) is 4.37. The van der Waals surface area contributed by atoms with Crippen molar-refractivity contribution in [2.24, 2.45) is 15.1 Å². The highest BCUT2D eigenvalue weighted by molar-refractivity contribution is 6.52. The fraction of sp³-hybridized carbons (Fsp3) is 0.412. The topological polar surface area (TPSA) is 57.4 Å². The number of halogens is 5. The van der Waals surface area contributed by atoms with Crippen LogP contribution in [-0.2, 0) is 11.0 Å². The number of carbonyl (C=O) groups excluding carboxylic acids is 1. The number of hydrogen-bond acceptors (Lipinski definition) is 4. The summed E-state index contributed by atoms with van der Waals surface area (Å²) in [7, 11) is 0. The zero-order valence-electron chi connectivity index (χ0n) is 14.4. The average molecular weight is 386 g/mol. The van der Waals surface area contributed by atoms with Gasteiger partial charge >= 0.3 is 6.18 Å². The number of amides is 1. The summed E-state index contributed by atoms with van der Waals surface area (Å²) in [6.45, 7) is 2.19. The Morgan fingerprint density at radius 3 is 2.56 bits per heavy atom. The first kappa shape index (κ1) is 19.1. The van der Waals surface area contributed by atoms with Crippen LogP contribution < -0.4 is 0 Å². The van der Waals surface area contributed by atoms with E-state index in [4.69, 9.17) is 0 Å². The summed E-state index contributed by atoms with van der Waals surface area (Å²) in [5.74, 6) is -2.41. The van der Waals surface area contributed by atoms with Gasteiger partial charge in [-0.25, -0.2) is 13.8 Å². The summed E-state index contributed by atoms with van der Waals surface area (Å²) >= 11 is 0. The average Bonchev–Trinajstić information content (AvgIpc) is 2.91. The van der Waals surface area contributed by atoms with E-state index in [-0.39, 0.29) is 29.4 Å². The predicted octanol–water partition coefficient (Wildman–Crippen LogP) is 3.36. The lowest BCUT2D eigenvalue weighted by atomic mass is 9.90. The maximum Gasteiger partial charge on any atom is 0.419 e. The Bertz CT molecular complexity index is 875. The molecule has 3 rings (SSSR count). The normalized spacial score (nSPS) is 20.9. The van der Waals surface area contributed by atoms with Crippen LogP contribution in [0.1, 0.15) is 30.9 Å². The number of nitrogens with zero attached hydrogens (tertiary/aromatic N) is 4. The molecule has 0 aliphatic carbocycles. The predicted molar refractivity (Wildman–Crippen MR) is 89.3 cm³/mol. The highest BCUT2D eigenvalue weighted by Gasteiger charge is 2.43. The summed E-state index contributed by atoms with van der Waals surface area (Å²) in [4.78, 5) is 20.2. The van der Waals surface area contributed by atoms with Gasteiger partial charge < -0.3 is 0 Å². The van der Waals surface area contributed by atoms with Crippen LogP contribution in [0.2, 0.25) is 0 Å². The van der Waals surface area contributed by atoms with Crippen LogP contribution in [0.4, 0.5) is 22.0 Å². The number of rotatable bonds is 4. The molecule has 2 unspecified atom stereocenters. The van der Waals surface area contributed by atoms with Crippen LogP contribution in [0.5, 0.6) is 0 Å². The molecule has 0 spiro atoms. The van der Waals surface area contributed by atoms with E-state index in [1.54, 1.807) is 6.92 Å². The molecule has 1 amide bonds. The Labute approximate surface area is 151 Å². The van der Waals surface area contributed by atoms with Gasteiger partial charge in [0, 0.05) is 5.92 Å². The van der Waals surface area contributed by atoms with Crippen molar-refractivity contribution in [3.8, 4) is 0 Å². The number of alkyl halides is 4. The third kappa shape index (κ3) is 3.47. The number of amidine groups is 1. The van der Waals surface area contributed by atoms with Crippen LogP contribution >= 0.6 is 0 Å². The van der Waals surface area contributed by atoms with Crippen LogP contribution in [0.3, 0.4) is 0 Å². The van der Waals surface area contributed by atoms with Crippen molar-refractivity contribution in [2.75, 3.05) is 13.2 Å². The number of fused-ring (bicyclic) bond motifs is 1. The Morgan fingerprint density at radius 1 is 1.26 bits per heavy atom. The number of carbonyl (C=O) groups is 1. The Hall–Kier alpha value is -2.65. The van der Waals surface area contributed by atoms with Gasteiger partial charge in [-0.15, -0.1) is 0 Å². The number of benzene rings is 1. The van der Waals surface area contributed by atoms with Crippen molar-refractivity contribution in [3.63, 3.8) is 0 Å². The molecule has 0 N–H and O–H groups in total. The van der Waals surface area contributed by atoms with E-state index in [1.165, 1.54) is 11.9 Å². The van der Waals surface area contributed by atoms with E-state index in [0.717, 1.165) is 12.1 Å². The van der Waals surface area contributed by atoms with Gasteiger partial charge in [0.1, 0.15) is 24.0 Å².